The molecule has 5 nitrogen and oxygen atoms in total. The number of fused-ring (bicyclic) bond motifs is 4. The van der Waals surface area contributed by atoms with E-state index in [0.717, 1.165) is 57.8 Å². The van der Waals surface area contributed by atoms with Gasteiger partial charge in [-0.25, -0.2) is 0 Å². The molecule has 202 valence electrons. The standard InChI is InChI=1S/C31H48O5/c1-4-25-19-28-21-27-13-11-12-26(34-27)18-23(2)15-16-24(3)30(14-9-7-5-6-8-10-17-32)36-31(33)22-29(20-25)35-28/h4-5,7,9,14-16,23-24,26-30,32H,6,8,10-13,17-22H2,1-3H3/t23-,24-,26+,27?,28+,29?,30?/m0/s1. The Morgan fingerprint density at radius 2 is 1.69 bits per heavy atom. The van der Waals surface area contributed by atoms with Crippen LogP contribution < -0.4 is 0 Å². The van der Waals surface area contributed by atoms with Crippen LogP contribution in [0.25, 0.3) is 0 Å². The van der Waals surface area contributed by atoms with E-state index in [4.69, 9.17) is 19.3 Å². The maximum absolute atomic E-state index is 13.0. The quantitative estimate of drug-likeness (QED) is 0.192. The number of esters is 1. The molecule has 36 heavy (non-hydrogen) atoms. The van der Waals surface area contributed by atoms with E-state index in [1.165, 1.54) is 12.0 Å². The molecule has 0 aromatic heterocycles. The summed E-state index contributed by atoms with van der Waals surface area (Å²) in [4.78, 5) is 13.0. The number of hydrogen-bond acceptors (Lipinski definition) is 5. The van der Waals surface area contributed by atoms with Crippen LogP contribution in [0.1, 0.15) is 91.4 Å². The smallest absolute Gasteiger partial charge is 0.309 e. The van der Waals surface area contributed by atoms with Gasteiger partial charge in [0.2, 0.25) is 0 Å². The molecule has 5 heteroatoms. The fraction of sp³-hybridized carbons (Fsp3) is 0.710. The second-order valence-electron chi connectivity index (χ2n) is 10.9. The van der Waals surface area contributed by atoms with Crippen molar-refractivity contribution in [3.05, 3.63) is 48.1 Å². The lowest BCUT2D eigenvalue weighted by Gasteiger charge is -2.37. The second kappa shape index (κ2) is 15.5. The van der Waals surface area contributed by atoms with Crippen molar-refractivity contribution in [3.63, 3.8) is 0 Å². The molecule has 0 amide bonds. The van der Waals surface area contributed by atoms with Crippen LogP contribution >= 0.6 is 0 Å². The Hall–Kier alpha value is -1.69. The van der Waals surface area contributed by atoms with Gasteiger partial charge in [0.15, 0.2) is 0 Å². The molecule has 3 heterocycles. The van der Waals surface area contributed by atoms with E-state index in [1.807, 2.05) is 18.2 Å². The average molecular weight is 501 g/mol. The fourth-order valence-electron chi connectivity index (χ4n) is 5.55. The first-order valence-corrected chi connectivity index (χ1v) is 14.2. The zero-order valence-electron chi connectivity index (χ0n) is 22.6. The van der Waals surface area contributed by atoms with E-state index in [-0.39, 0.29) is 49.3 Å². The summed E-state index contributed by atoms with van der Waals surface area (Å²) in [5.74, 6) is 0.266. The van der Waals surface area contributed by atoms with Gasteiger partial charge in [-0.2, -0.15) is 0 Å². The molecule has 0 radical (unpaired) electrons. The minimum Gasteiger partial charge on any atom is -0.457 e. The first kappa shape index (κ1) is 28.9. The summed E-state index contributed by atoms with van der Waals surface area (Å²) < 4.78 is 19.0. The molecule has 0 aliphatic carbocycles. The molecule has 0 aromatic carbocycles. The molecule has 3 aliphatic heterocycles. The van der Waals surface area contributed by atoms with Crippen LogP contribution in [0.4, 0.5) is 0 Å². The van der Waals surface area contributed by atoms with Crippen molar-refractivity contribution < 1.29 is 24.1 Å². The number of hydrogen-bond donors (Lipinski definition) is 1. The molecule has 3 aliphatic rings. The first-order valence-electron chi connectivity index (χ1n) is 14.2. The highest BCUT2D eigenvalue weighted by Crippen LogP contribution is 2.33. The molecule has 2 saturated heterocycles. The van der Waals surface area contributed by atoms with Crippen molar-refractivity contribution in [3.8, 4) is 0 Å². The van der Waals surface area contributed by atoms with E-state index < -0.39 is 0 Å². The van der Waals surface area contributed by atoms with Crippen LogP contribution in [0.5, 0.6) is 0 Å². The number of carbonyl (C=O) groups excluding carboxylic acids is 1. The third-order valence-electron chi connectivity index (χ3n) is 7.62. The van der Waals surface area contributed by atoms with E-state index in [0.29, 0.717) is 12.0 Å². The van der Waals surface area contributed by atoms with E-state index in [2.05, 4.69) is 45.1 Å². The Morgan fingerprint density at radius 3 is 2.47 bits per heavy atom. The average Bonchev–Trinajstić information content (AvgIpc) is 2.85. The zero-order chi connectivity index (χ0) is 25.8. The van der Waals surface area contributed by atoms with Gasteiger partial charge in [-0.3, -0.25) is 4.79 Å². The number of ether oxygens (including phenoxy) is 3. The maximum atomic E-state index is 13.0. The minimum absolute atomic E-state index is 0.0643. The SMILES string of the molecule is CC=C1CC2CC(=O)OC(C=CC=CCCCCO)[C@@H](C)C=C[C@H](C)C[C@H]3CCCC(C[C@@H](C1)O2)O3. The van der Waals surface area contributed by atoms with Gasteiger partial charge in [0.1, 0.15) is 6.10 Å². The number of aliphatic hydroxyl groups excluding tert-OH is 1. The Bertz CT molecular complexity index is 782. The van der Waals surface area contributed by atoms with Gasteiger partial charge in [0.25, 0.3) is 0 Å². The number of carbonyl (C=O) groups is 1. The normalized spacial score (nSPS) is 35.9. The third kappa shape index (κ3) is 9.99. The molecular formula is C31H48O5. The molecule has 4 bridgehead atoms. The van der Waals surface area contributed by atoms with Crippen molar-refractivity contribution in [2.24, 2.45) is 11.8 Å². The molecule has 3 unspecified atom stereocenters. The van der Waals surface area contributed by atoms with Crippen LogP contribution in [0.3, 0.4) is 0 Å². The van der Waals surface area contributed by atoms with Gasteiger partial charge in [0.05, 0.1) is 30.8 Å². The van der Waals surface area contributed by atoms with Crippen LogP contribution in [-0.4, -0.2) is 48.2 Å². The van der Waals surface area contributed by atoms with Crippen LogP contribution in [0, 0.1) is 11.8 Å². The highest BCUT2D eigenvalue weighted by atomic mass is 16.5. The second-order valence-corrected chi connectivity index (χ2v) is 10.9. The summed E-state index contributed by atoms with van der Waals surface area (Å²) in [7, 11) is 0. The third-order valence-corrected chi connectivity index (χ3v) is 7.62. The highest BCUT2D eigenvalue weighted by Gasteiger charge is 2.32. The van der Waals surface area contributed by atoms with Crippen molar-refractivity contribution in [2.45, 2.75) is 122 Å². The minimum atomic E-state index is -0.327. The molecular weight excluding hydrogens is 452 g/mol. The van der Waals surface area contributed by atoms with E-state index in [1.54, 1.807) is 0 Å². The van der Waals surface area contributed by atoms with Gasteiger partial charge in [-0.1, -0.05) is 55.9 Å². The molecule has 0 spiro atoms. The number of cyclic esters (lactones) is 1. The van der Waals surface area contributed by atoms with E-state index in [9.17, 15) is 4.79 Å². The fourth-order valence-corrected chi connectivity index (χ4v) is 5.55. The summed E-state index contributed by atoms with van der Waals surface area (Å²) in [6.07, 6.45) is 24.9. The molecule has 2 fully saturated rings. The molecule has 3 rings (SSSR count). The number of aliphatic hydroxyl groups is 1. The summed E-state index contributed by atoms with van der Waals surface area (Å²) >= 11 is 0. The predicted octanol–water partition coefficient (Wildman–Crippen LogP) is 6.62. The van der Waals surface area contributed by atoms with Crippen LogP contribution in [-0.2, 0) is 19.0 Å². The van der Waals surface area contributed by atoms with Crippen molar-refractivity contribution in [1.82, 2.24) is 0 Å². The summed E-state index contributed by atoms with van der Waals surface area (Å²) in [5, 5.41) is 8.92. The molecule has 7 atom stereocenters. The Morgan fingerprint density at radius 1 is 0.944 bits per heavy atom. The lowest BCUT2D eigenvalue weighted by Crippen LogP contribution is -2.37. The van der Waals surface area contributed by atoms with Crippen LogP contribution in [0.15, 0.2) is 48.1 Å². The summed E-state index contributed by atoms with van der Waals surface area (Å²) in [6, 6.07) is 0. The van der Waals surface area contributed by atoms with Gasteiger partial charge >= 0.3 is 5.97 Å². The van der Waals surface area contributed by atoms with Crippen LogP contribution in [0.2, 0.25) is 0 Å². The van der Waals surface area contributed by atoms with Crippen molar-refractivity contribution in [1.29, 1.82) is 0 Å². The van der Waals surface area contributed by atoms with Gasteiger partial charge in [-0.05, 0) is 76.7 Å². The first-order chi connectivity index (χ1) is 17.5. The van der Waals surface area contributed by atoms with Crippen molar-refractivity contribution >= 4 is 5.97 Å². The maximum Gasteiger partial charge on any atom is 0.309 e. The molecule has 0 aromatic rings. The monoisotopic (exact) mass is 500 g/mol. The van der Waals surface area contributed by atoms with Gasteiger partial charge < -0.3 is 19.3 Å². The largest absolute Gasteiger partial charge is 0.457 e. The lowest BCUT2D eigenvalue weighted by molar-refractivity contribution is -0.154. The summed E-state index contributed by atoms with van der Waals surface area (Å²) in [5.41, 5.74) is 1.37. The number of allylic oxidation sites excluding steroid dienone is 5. The molecule has 0 saturated carbocycles. The molecule has 1 N–H and O–H groups in total. The zero-order valence-corrected chi connectivity index (χ0v) is 22.6. The Balaban J connectivity index is 1.74. The Kier molecular flexibility index (Phi) is 12.5. The Labute approximate surface area is 218 Å². The number of unbranched alkanes of at least 4 members (excludes halogenated alkanes) is 2. The summed E-state index contributed by atoms with van der Waals surface area (Å²) in [6.45, 7) is 6.68. The van der Waals surface area contributed by atoms with Gasteiger partial charge in [0, 0.05) is 18.9 Å². The topological polar surface area (TPSA) is 65.0 Å². The van der Waals surface area contributed by atoms with Gasteiger partial charge in [-0.15, -0.1) is 0 Å². The van der Waals surface area contributed by atoms with Crippen molar-refractivity contribution in [2.75, 3.05) is 6.61 Å². The lowest BCUT2D eigenvalue weighted by atomic mass is 9.90. The predicted molar refractivity (Wildman–Crippen MR) is 145 cm³/mol. The number of rotatable bonds is 6. The highest BCUT2D eigenvalue weighted by molar-refractivity contribution is 5.70. The van der Waals surface area contributed by atoms with E-state index >= 15 is 0 Å².